The molecule has 71 heavy (non-hydrogen) atoms. The van der Waals surface area contributed by atoms with Gasteiger partial charge in [0, 0.05) is 52.5 Å². The largest absolute Gasteiger partial charge is 0.405 e. The Kier molecular flexibility index (Phi) is 82.0. The lowest BCUT2D eigenvalue weighted by molar-refractivity contribution is -0.119. The van der Waals surface area contributed by atoms with E-state index >= 15 is 0 Å². The van der Waals surface area contributed by atoms with Crippen LogP contribution in [-0.2, 0) is 33.2 Å². The first-order valence-electron chi connectivity index (χ1n) is 22.6. The molecular weight excluding hydrogens is 893 g/mol. The van der Waals surface area contributed by atoms with Gasteiger partial charge in [0.25, 0.3) is 0 Å². The number of carbonyl (C=O) groups excluding carboxylic acids is 1. The van der Waals surface area contributed by atoms with Crippen LogP contribution in [0, 0.1) is 34.5 Å². The van der Waals surface area contributed by atoms with Gasteiger partial charge in [0.2, 0.25) is 0 Å². The standard InChI is InChI=1S/C30H53N3O3.C15H29N3O3.C5H10O.8CH4/c1-11-30(21-34-18-12-15-31-27(8)24(2)3,22-35-19-13-16-32-28(9)25(4)5)23-36-20-14-17-33-29(10)26(6)7;1-2-15(12-19-9-3-6-16,13-20-10-4-7-17)14-21-11-5-8-18;1-4(2)5(3)6;;;;;;;;/h12-17,24-26H,11,18-23H2,1-10H3;3-8H,2,9-14,16-18H2,1H3;4H,1-3H3;8*1H4/b15-12+,16-13+,17-14+,31-27?,32-28?,33-29?;6-3+,7-4+,8-5+;;;;;;;;;. The second-order valence-electron chi connectivity index (χ2n) is 16.8. The van der Waals surface area contributed by atoms with Gasteiger partial charge >= 0.3 is 0 Å². The average Bonchev–Trinajstić information content (AvgIpc) is 3.25. The highest BCUT2D eigenvalue weighted by Crippen LogP contribution is 2.25. The summed E-state index contributed by atoms with van der Waals surface area (Å²) in [6.45, 7) is 34.8. The van der Waals surface area contributed by atoms with Crippen LogP contribution in [0.5, 0.6) is 0 Å². The Morgan fingerprint density at radius 1 is 0.394 bits per heavy atom. The molecule has 13 nitrogen and oxygen atoms in total. The normalized spacial score (nSPS) is 12.8. The van der Waals surface area contributed by atoms with E-state index in [-0.39, 0.29) is 81.9 Å². The fraction of sp³-hybridized carbons (Fsp3) is 0.724. The van der Waals surface area contributed by atoms with E-state index in [9.17, 15) is 4.79 Å². The van der Waals surface area contributed by atoms with E-state index in [4.69, 9.17) is 45.6 Å². The summed E-state index contributed by atoms with van der Waals surface area (Å²) in [5.41, 5.74) is 18.8. The molecule has 0 amide bonds. The highest BCUT2D eigenvalue weighted by molar-refractivity contribution is 5.85. The zero-order valence-electron chi connectivity index (χ0n) is 42.1. The summed E-state index contributed by atoms with van der Waals surface area (Å²) in [5, 5.41) is 0. The number of ketones is 1. The molecule has 0 saturated heterocycles. The van der Waals surface area contributed by atoms with Gasteiger partial charge in [0.1, 0.15) is 5.78 Å². The van der Waals surface area contributed by atoms with Crippen LogP contribution in [0.1, 0.15) is 169 Å². The van der Waals surface area contributed by atoms with Crippen molar-refractivity contribution in [3.63, 3.8) is 0 Å². The summed E-state index contributed by atoms with van der Waals surface area (Å²) in [7, 11) is 0. The molecule has 6 N–H and O–H groups in total. The van der Waals surface area contributed by atoms with Gasteiger partial charge in [0.15, 0.2) is 0 Å². The Balaban J connectivity index is -0.0000000985. The number of aliphatic imine (C=N–C) groups is 3. The van der Waals surface area contributed by atoms with Crippen molar-refractivity contribution in [1.29, 1.82) is 0 Å². The van der Waals surface area contributed by atoms with E-state index in [2.05, 4.69) is 70.4 Å². The zero-order valence-corrected chi connectivity index (χ0v) is 42.1. The van der Waals surface area contributed by atoms with Gasteiger partial charge in [-0.15, -0.1) is 0 Å². The molecule has 0 saturated carbocycles. The molecule has 0 rings (SSSR count). The molecule has 0 aliphatic rings. The molecule has 0 heterocycles. The van der Waals surface area contributed by atoms with Crippen molar-refractivity contribution in [3.05, 3.63) is 73.7 Å². The van der Waals surface area contributed by atoms with E-state index in [0.717, 1.165) is 30.0 Å². The highest BCUT2D eigenvalue weighted by atomic mass is 16.5. The third kappa shape index (κ3) is 57.1. The summed E-state index contributed by atoms with van der Waals surface area (Å²) in [6.07, 6.45) is 22.8. The molecule has 13 heteroatoms. The van der Waals surface area contributed by atoms with Gasteiger partial charge in [0.05, 0.1) is 79.3 Å². The van der Waals surface area contributed by atoms with Crippen LogP contribution < -0.4 is 17.2 Å². The first kappa shape index (κ1) is 93.3. The summed E-state index contributed by atoms with van der Waals surface area (Å²) >= 11 is 0. The quantitative estimate of drug-likeness (QED) is 0.0422. The Hall–Kier alpha value is -3.72. The Morgan fingerprint density at radius 3 is 0.718 bits per heavy atom. The molecule has 0 aromatic rings. The molecule has 428 valence electrons. The molecule has 0 bridgehead atoms. The topological polar surface area (TPSA) is 188 Å². The Labute approximate surface area is 443 Å². The Bertz CT molecular complexity index is 1250. The minimum absolute atomic E-state index is 0. The van der Waals surface area contributed by atoms with Crippen LogP contribution in [0.25, 0.3) is 0 Å². The van der Waals surface area contributed by atoms with Crippen molar-refractivity contribution >= 4 is 22.9 Å². The van der Waals surface area contributed by atoms with Crippen LogP contribution in [0.4, 0.5) is 0 Å². The highest BCUT2D eigenvalue weighted by Gasteiger charge is 2.30. The first-order valence-corrected chi connectivity index (χ1v) is 22.6. The lowest BCUT2D eigenvalue weighted by atomic mass is 9.88. The SMILES string of the molecule is C.C.C.C.C.C.C.C.CC(=O)C(C)C.CCC(COC/C=C/N)(COC/C=C/N)COC/C=C/N.CCC(COC/C=C/N=C(C)C(C)C)(COC/C=C/N=C(C)C(C)C)COC/C=C/N=C(C)C(C)C. The zero-order chi connectivity index (χ0) is 48.4. The number of nitrogens with two attached hydrogens (primary N) is 3. The van der Waals surface area contributed by atoms with Crippen molar-refractivity contribution in [2.24, 2.45) is 66.7 Å². The van der Waals surface area contributed by atoms with E-state index < -0.39 is 0 Å². The third-order valence-electron chi connectivity index (χ3n) is 10.1. The van der Waals surface area contributed by atoms with Crippen LogP contribution in [0.2, 0.25) is 0 Å². The first-order chi connectivity index (χ1) is 29.9. The van der Waals surface area contributed by atoms with E-state index in [1.54, 1.807) is 25.2 Å². The molecule has 0 atom stereocenters. The maximum absolute atomic E-state index is 10.1. The van der Waals surface area contributed by atoms with Gasteiger partial charge in [-0.2, -0.15) is 0 Å². The van der Waals surface area contributed by atoms with Crippen LogP contribution in [0.15, 0.2) is 88.6 Å². The lowest BCUT2D eigenvalue weighted by Crippen LogP contribution is -2.37. The lowest BCUT2D eigenvalue weighted by Gasteiger charge is -2.31. The minimum Gasteiger partial charge on any atom is -0.405 e. The van der Waals surface area contributed by atoms with Gasteiger partial charge < -0.3 is 45.6 Å². The predicted octanol–water partition coefficient (Wildman–Crippen LogP) is 14.5. The Morgan fingerprint density at radius 2 is 0.577 bits per heavy atom. The van der Waals surface area contributed by atoms with E-state index in [1.165, 1.54) is 18.6 Å². The van der Waals surface area contributed by atoms with E-state index in [1.807, 2.05) is 71.4 Å². The van der Waals surface area contributed by atoms with E-state index in [0.29, 0.717) is 97.0 Å². The van der Waals surface area contributed by atoms with Crippen LogP contribution in [-0.4, -0.2) is 102 Å². The number of ether oxygens (including phenoxy) is 6. The maximum Gasteiger partial charge on any atom is 0.132 e. The molecule has 0 radical (unpaired) electrons. The summed E-state index contributed by atoms with van der Waals surface area (Å²) in [6, 6.07) is 0. The number of Topliss-reactive ketones (excluding diaryl/α,β-unsaturated/α-hetero) is 1. The number of hydrogen-bond donors (Lipinski definition) is 3. The van der Waals surface area contributed by atoms with Gasteiger partial charge in [-0.25, -0.2) is 0 Å². The molecular formula is C58H124N6O7. The van der Waals surface area contributed by atoms with Gasteiger partial charge in [-0.3, -0.25) is 19.8 Å². The molecule has 0 unspecified atom stereocenters. The molecule has 0 aromatic carbocycles. The molecule has 0 spiro atoms. The fourth-order valence-corrected chi connectivity index (χ4v) is 4.18. The van der Waals surface area contributed by atoms with Crippen molar-refractivity contribution < 1.29 is 33.2 Å². The molecule has 0 aliphatic heterocycles. The summed E-state index contributed by atoms with van der Waals surface area (Å²) < 4.78 is 34.9. The average molecular weight is 1020 g/mol. The summed E-state index contributed by atoms with van der Waals surface area (Å²) in [4.78, 5) is 23.5. The van der Waals surface area contributed by atoms with Crippen molar-refractivity contribution in [2.75, 3.05) is 79.3 Å². The number of hydrogen-bond acceptors (Lipinski definition) is 13. The van der Waals surface area contributed by atoms with Crippen molar-refractivity contribution in [1.82, 2.24) is 0 Å². The minimum atomic E-state index is -0.235. The van der Waals surface area contributed by atoms with Gasteiger partial charge in [-0.1, -0.05) is 129 Å². The fourth-order valence-electron chi connectivity index (χ4n) is 4.18. The second kappa shape index (κ2) is 62.4. The maximum atomic E-state index is 10.1. The van der Waals surface area contributed by atoms with Crippen LogP contribution >= 0.6 is 0 Å². The predicted molar refractivity (Wildman–Crippen MR) is 321 cm³/mol. The number of carbonyl (C=O) groups is 1. The number of nitrogens with zero attached hydrogens (tertiary/aromatic N) is 3. The number of rotatable bonds is 33. The van der Waals surface area contributed by atoms with Crippen molar-refractivity contribution in [2.45, 2.75) is 169 Å². The smallest absolute Gasteiger partial charge is 0.132 e. The molecule has 0 aliphatic carbocycles. The van der Waals surface area contributed by atoms with Crippen LogP contribution in [0.3, 0.4) is 0 Å². The van der Waals surface area contributed by atoms with Crippen molar-refractivity contribution in [3.8, 4) is 0 Å². The monoisotopic (exact) mass is 1020 g/mol. The summed E-state index contributed by atoms with van der Waals surface area (Å²) in [5.74, 6) is 1.81. The van der Waals surface area contributed by atoms with Gasteiger partial charge in [-0.05, 0) is 113 Å². The second-order valence-corrected chi connectivity index (χ2v) is 16.8. The molecule has 0 fully saturated rings. The third-order valence-corrected chi connectivity index (χ3v) is 10.1. The molecule has 0 aromatic heterocycles.